The minimum Gasteiger partial charge on any atom is -0.465 e. The molecule has 1 aliphatic rings. The van der Waals surface area contributed by atoms with Gasteiger partial charge in [-0.05, 0) is 62.5 Å². The van der Waals surface area contributed by atoms with E-state index in [2.05, 4.69) is 4.74 Å². The van der Waals surface area contributed by atoms with Crippen LogP contribution >= 0.6 is 11.3 Å². The Balaban J connectivity index is 0.000000224. The molecule has 0 saturated heterocycles. The third-order valence-corrected chi connectivity index (χ3v) is 4.78. The molecular formula is C16H24FNO3S. The molecule has 0 spiro atoms. The zero-order valence-corrected chi connectivity index (χ0v) is 14.2. The molecule has 6 heteroatoms. The van der Waals surface area contributed by atoms with Crippen molar-refractivity contribution >= 4 is 23.2 Å². The Morgan fingerprint density at radius 3 is 2.45 bits per heavy atom. The molecule has 0 atom stereocenters. The van der Waals surface area contributed by atoms with Crippen molar-refractivity contribution in [1.29, 1.82) is 0 Å². The van der Waals surface area contributed by atoms with Gasteiger partial charge in [0.2, 0.25) is 5.91 Å². The second-order valence-corrected chi connectivity index (χ2v) is 6.92. The number of nitrogens with two attached hydrogens (primary N) is 1. The Labute approximate surface area is 134 Å². The van der Waals surface area contributed by atoms with Gasteiger partial charge in [0.1, 0.15) is 10.5 Å². The monoisotopic (exact) mass is 329 g/mol. The zero-order chi connectivity index (χ0) is 16.8. The summed E-state index contributed by atoms with van der Waals surface area (Å²) in [5, 5.41) is 1.92. The van der Waals surface area contributed by atoms with E-state index in [0.29, 0.717) is 30.1 Å². The summed E-state index contributed by atoms with van der Waals surface area (Å²) in [5.74, 6) is -0.188. The lowest BCUT2D eigenvalue weighted by atomic mass is 9.79. The summed E-state index contributed by atoms with van der Waals surface area (Å²) in [6, 6.07) is 1.82. The lowest BCUT2D eigenvalue weighted by Gasteiger charge is -2.30. The minimum atomic E-state index is -1.01. The number of aryl methyl sites for hydroxylation is 1. The number of thiophene rings is 1. The third kappa shape index (κ3) is 6.56. The molecule has 0 radical (unpaired) electrons. The average molecular weight is 329 g/mol. The molecule has 1 aliphatic carbocycles. The van der Waals surface area contributed by atoms with E-state index in [0.717, 1.165) is 18.4 Å². The Morgan fingerprint density at radius 1 is 1.45 bits per heavy atom. The first kappa shape index (κ1) is 18.6. The molecule has 1 fully saturated rings. The predicted molar refractivity (Wildman–Crippen MR) is 85.7 cm³/mol. The van der Waals surface area contributed by atoms with Crippen LogP contribution in [0.4, 0.5) is 4.39 Å². The smallest absolute Gasteiger partial charge is 0.348 e. The summed E-state index contributed by atoms with van der Waals surface area (Å²) in [7, 11) is 1.39. The number of methoxy groups -OCH3 is 1. The van der Waals surface area contributed by atoms with Crippen molar-refractivity contribution in [2.24, 2.45) is 11.7 Å². The summed E-state index contributed by atoms with van der Waals surface area (Å²) in [4.78, 5) is 22.0. The van der Waals surface area contributed by atoms with E-state index in [4.69, 9.17) is 5.73 Å². The molecular weight excluding hydrogens is 305 g/mol. The van der Waals surface area contributed by atoms with Crippen LogP contribution < -0.4 is 5.73 Å². The number of halogens is 1. The number of carbonyl (C=O) groups excluding carboxylic acids is 2. The van der Waals surface area contributed by atoms with Gasteiger partial charge in [-0.25, -0.2) is 9.18 Å². The zero-order valence-electron chi connectivity index (χ0n) is 13.4. The van der Waals surface area contributed by atoms with Gasteiger partial charge in [-0.1, -0.05) is 0 Å². The van der Waals surface area contributed by atoms with Crippen molar-refractivity contribution in [3.05, 3.63) is 21.9 Å². The summed E-state index contributed by atoms with van der Waals surface area (Å²) < 4.78 is 17.8. The highest BCUT2D eigenvalue weighted by molar-refractivity contribution is 7.12. The highest BCUT2D eigenvalue weighted by atomic mass is 32.1. The molecule has 22 heavy (non-hydrogen) atoms. The lowest BCUT2D eigenvalue weighted by molar-refractivity contribution is -0.119. The van der Waals surface area contributed by atoms with E-state index in [-0.39, 0.29) is 11.9 Å². The second kappa shape index (κ2) is 8.27. The Hall–Kier alpha value is -1.43. The predicted octanol–water partition coefficient (Wildman–Crippen LogP) is 3.62. The van der Waals surface area contributed by atoms with Crippen molar-refractivity contribution in [2.75, 3.05) is 7.11 Å². The number of ether oxygens (including phenoxy) is 1. The summed E-state index contributed by atoms with van der Waals surface area (Å²) in [6.45, 7) is 3.58. The molecule has 2 rings (SSSR count). The average Bonchev–Trinajstić information content (AvgIpc) is 2.87. The molecule has 1 amide bonds. The maximum absolute atomic E-state index is 13.3. The molecule has 1 aromatic rings. The molecule has 0 aromatic carbocycles. The van der Waals surface area contributed by atoms with E-state index in [9.17, 15) is 14.0 Å². The van der Waals surface area contributed by atoms with Crippen LogP contribution in [-0.2, 0) is 9.53 Å². The fourth-order valence-electron chi connectivity index (χ4n) is 2.41. The van der Waals surface area contributed by atoms with Crippen LogP contribution in [0, 0.1) is 12.8 Å². The quantitative estimate of drug-likeness (QED) is 0.861. The topological polar surface area (TPSA) is 69.4 Å². The number of esters is 1. The molecule has 124 valence electrons. The fraction of sp³-hybridized carbons (Fsp3) is 0.625. The number of carbonyl (C=O) groups is 2. The van der Waals surface area contributed by atoms with Crippen LogP contribution in [0.3, 0.4) is 0 Å². The van der Waals surface area contributed by atoms with E-state index in [1.165, 1.54) is 18.4 Å². The van der Waals surface area contributed by atoms with E-state index in [1.807, 2.05) is 18.4 Å². The fourth-order valence-corrected chi connectivity index (χ4v) is 3.22. The Bertz CT molecular complexity index is 503. The van der Waals surface area contributed by atoms with Gasteiger partial charge in [0.15, 0.2) is 0 Å². The summed E-state index contributed by atoms with van der Waals surface area (Å²) in [6.07, 6.45) is 3.18. The van der Waals surface area contributed by atoms with Gasteiger partial charge in [0.05, 0.1) is 7.11 Å². The van der Waals surface area contributed by atoms with Gasteiger partial charge in [-0.15, -0.1) is 11.3 Å². The van der Waals surface area contributed by atoms with Crippen LogP contribution in [0.2, 0.25) is 0 Å². The van der Waals surface area contributed by atoms with Crippen molar-refractivity contribution < 1.29 is 18.7 Å². The van der Waals surface area contributed by atoms with Gasteiger partial charge in [-0.3, -0.25) is 4.79 Å². The molecule has 1 saturated carbocycles. The number of rotatable bonds is 3. The van der Waals surface area contributed by atoms with Gasteiger partial charge in [-0.2, -0.15) is 0 Å². The highest BCUT2D eigenvalue weighted by Gasteiger charge is 2.30. The SMILES string of the molecule is CC1(F)CCC(CC(N)=O)CC1.COC(=O)c1cc(C)cs1. The van der Waals surface area contributed by atoms with E-state index in [1.54, 1.807) is 6.92 Å². The maximum Gasteiger partial charge on any atom is 0.348 e. The van der Waals surface area contributed by atoms with Crippen LogP contribution in [0.5, 0.6) is 0 Å². The number of amides is 1. The van der Waals surface area contributed by atoms with E-state index >= 15 is 0 Å². The standard InChI is InChI=1S/C9H16FNO.C7H8O2S/c1-9(10)4-2-7(3-5-9)6-8(11)12;1-5-3-6(10-4-5)7(8)9-2/h7H,2-6H2,1H3,(H2,11,12);3-4H,1-2H3. The van der Waals surface area contributed by atoms with Gasteiger partial charge in [0, 0.05) is 6.42 Å². The summed E-state index contributed by atoms with van der Waals surface area (Å²) >= 11 is 1.41. The van der Waals surface area contributed by atoms with Crippen molar-refractivity contribution in [1.82, 2.24) is 0 Å². The van der Waals surface area contributed by atoms with Gasteiger partial charge < -0.3 is 10.5 Å². The van der Waals surface area contributed by atoms with Gasteiger partial charge >= 0.3 is 5.97 Å². The number of alkyl halides is 1. The second-order valence-electron chi connectivity index (χ2n) is 6.01. The van der Waals surface area contributed by atoms with Crippen LogP contribution in [0.1, 0.15) is 54.3 Å². The first-order valence-corrected chi connectivity index (χ1v) is 8.22. The normalized spacial score (nSPS) is 24.1. The molecule has 4 nitrogen and oxygen atoms in total. The Morgan fingerprint density at radius 2 is 2.05 bits per heavy atom. The van der Waals surface area contributed by atoms with Crippen molar-refractivity contribution in [3.8, 4) is 0 Å². The van der Waals surface area contributed by atoms with Crippen LogP contribution in [0.15, 0.2) is 11.4 Å². The summed E-state index contributed by atoms with van der Waals surface area (Å²) in [5.41, 5.74) is 5.15. The molecule has 2 N–H and O–H groups in total. The first-order valence-electron chi connectivity index (χ1n) is 7.34. The van der Waals surface area contributed by atoms with Crippen LogP contribution in [0.25, 0.3) is 0 Å². The third-order valence-electron chi connectivity index (χ3n) is 3.75. The minimum absolute atomic E-state index is 0.252. The van der Waals surface area contributed by atoms with Gasteiger partial charge in [0.25, 0.3) is 0 Å². The number of primary amides is 1. The van der Waals surface area contributed by atoms with E-state index < -0.39 is 5.67 Å². The molecule has 1 aromatic heterocycles. The number of hydrogen-bond donors (Lipinski definition) is 1. The Kier molecular flexibility index (Phi) is 7.00. The maximum atomic E-state index is 13.3. The largest absolute Gasteiger partial charge is 0.465 e. The number of hydrogen-bond acceptors (Lipinski definition) is 4. The first-order chi connectivity index (χ1) is 10.2. The van der Waals surface area contributed by atoms with Crippen LogP contribution in [-0.4, -0.2) is 24.7 Å². The lowest BCUT2D eigenvalue weighted by Crippen LogP contribution is -2.28. The molecule has 0 unspecified atom stereocenters. The molecule has 0 aliphatic heterocycles. The molecule has 0 bridgehead atoms. The highest BCUT2D eigenvalue weighted by Crippen LogP contribution is 2.35. The van der Waals surface area contributed by atoms with Crippen molar-refractivity contribution in [3.63, 3.8) is 0 Å². The van der Waals surface area contributed by atoms with Crippen molar-refractivity contribution in [2.45, 2.75) is 51.6 Å². The molecule has 1 heterocycles.